The minimum Gasteiger partial charge on any atom is -0.481 e. The molecule has 0 heterocycles. The third-order valence-electron chi connectivity index (χ3n) is 3.22. The van der Waals surface area contributed by atoms with Gasteiger partial charge in [0.15, 0.2) is 0 Å². The van der Waals surface area contributed by atoms with Gasteiger partial charge in [-0.25, -0.2) is 0 Å². The van der Waals surface area contributed by atoms with Gasteiger partial charge in [-0.3, -0.25) is 4.79 Å². The lowest BCUT2D eigenvalue weighted by atomic mass is 9.72. The zero-order chi connectivity index (χ0) is 8.01. The second-order valence-corrected chi connectivity index (χ2v) is 3.83. The van der Waals surface area contributed by atoms with Crippen LogP contribution in [0.4, 0.5) is 0 Å². The summed E-state index contributed by atoms with van der Waals surface area (Å²) in [5, 5.41) is 8.72. The molecule has 0 amide bonds. The van der Waals surface area contributed by atoms with E-state index in [0.717, 1.165) is 19.3 Å². The third-order valence-corrected chi connectivity index (χ3v) is 3.22. The van der Waals surface area contributed by atoms with Crippen LogP contribution in [-0.4, -0.2) is 17.1 Å². The molecule has 2 aliphatic rings. The quantitative estimate of drug-likeness (QED) is 0.577. The van der Waals surface area contributed by atoms with Crippen LogP contribution in [0.5, 0.6) is 0 Å². The molecule has 0 unspecified atom stereocenters. The lowest BCUT2D eigenvalue weighted by Crippen LogP contribution is -2.44. The van der Waals surface area contributed by atoms with Gasteiger partial charge in [0.1, 0.15) is 0 Å². The van der Waals surface area contributed by atoms with Crippen molar-refractivity contribution in [3.05, 3.63) is 0 Å². The highest BCUT2D eigenvalue weighted by Gasteiger charge is 2.47. The normalized spacial score (nSPS) is 48.1. The van der Waals surface area contributed by atoms with Gasteiger partial charge in [-0.15, -0.1) is 0 Å². The SMILES string of the molecule is N[C@@H]1C[C@@H]2C[C@@H](C(=O)O)C[C@@H]21. The van der Waals surface area contributed by atoms with Crippen molar-refractivity contribution in [2.75, 3.05) is 0 Å². The summed E-state index contributed by atoms with van der Waals surface area (Å²) in [6.45, 7) is 0. The van der Waals surface area contributed by atoms with Crippen molar-refractivity contribution < 1.29 is 9.90 Å². The molecule has 2 fully saturated rings. The van der Waals surface area contributed by atoms with Gasteiger partial charge in [0.2, 0.25) is 0 Å². The molecular formula is C8H13NO2. The molecule has 2 rings (SSSR count). The number of hydrogen-bond acceptors (Lipinski definition) is 2. The topological polar surface area (TPSA) is 63.3 Å². The number of aliphatic carboxylic acids is 1. The molecular weight excluding hydrogens is 142 g/mol. The standard InChI is InChI=1S/C8H13NO2/c9-7-3-4-1-5(8(10)11)2-6(4)7/h4-7H,1-3,9H2,(H,10,11)/t4-,5+,6-,7+/m0/s1. The van der Waals surface area contributed by atoms with Gasteiger partial charge in [0.05, 0.1) is 5.92 Å². The summed E-state index contributed by atoms with van der Waals surface area (Å²) >= 11 is 0. The van der Waals surface area contributed by atoms with Crippen molar-refractivity contribution in [3.63, 3.8) is 0 Å². The molecule has 3 N–H and O–H groups in total. The average molecular weight is 155 g/mol. The monoisotopic (exact) mass is 155 g/mol. The Bertz CT molecular complexity index is 193. The van der Waals surface area contributed by atoms with Crippen molar-refractivity contribution in [2.24, 2.45) is 23.5 Å². The maximum atomic E-state index is 10.6. The van der Waals surface area contributed by atoms with Crippen LogP contribution in [0.15, 0.2) is 0 Å². The molecule has 0 aromatic rings. The van der Waals surface area contributed by atoms with E-state index in [1.165, 1.54) is 0 Å². The van der Waals surface area contributed by atoms with Crippen LogP contribution in [0.1, 0.15) is 19.3 Å². The Morgan fingerprint density at radius 2 is 2.09 bits per heavy atom. The molecule has 0 bridgehead atoms. The van der Waals surface area contributed by atoms with Crippen LogP contribution in [0.3, 0.4) is 0 Å². The van der Waals surface area contributed by atoms with E-state index in [1.54, 1.807) is 0 Å². The Morgan fingerprint density at radius 1 is 1.36 bits per heavy atom. The Balaban J connectivity index is 1.98. The first kappa shape index (κ1) is 7.10. The summed E-state index contributed by atoms with van der Waals surface area (Å²) in [7, 11) is 0. The van der Waals surface area contributed by atoms with Crippen LogP contribution < -0.4 is 5.73 Å². The van der Waals surface area contributed by atoms with E-state index in [-0.39, 0.29) is 5.92 Å². The number of carbonyl (C=O) groups is 1. The largest absolute Gasteiger partial charge is 0.481 e. The maximum absolute atomic E-state index is 10.6. The first-order chi connectivity index (χ1) is 5.18. The van der Waals surface area contributed by atoms with Crippen LogP contribution in [0.25, 0.3) is 0 Å². The number of rotatable bonds is 1. The number of hydrogen-bond donors (Lipinski definition) is 2. The molecule has 0 aliphatic heterocycles. The lowest BCUT2D eigenvalue weighted by Gasteiger charge is -2.37. The molecule has 0 aromatic carbocycles. The number of carboxylic acid groups (broad SMARTS) is 1. The van der Waals surface area contributed by atoms with Crippen LogP contribution >= 0.6 is 0 Å². The molecule has 4 atom stereocenters. The smallest absolute Gasteiger partial charge is 0.306 e. The summed E-state index contributed by atoms with van der Waals surface area (Å²) in [6, 6.07) is 0.296. The van der Waals surface area contributed by atoms with E-state index in [2.05, 4.69) is 0 Å². The second kappa shape index (κ2) is 2.21. The molecule has 0 radical (unpaired) electrons. The molecule has 11 heavy (non-hydrogen) atoms. The fourth-order valence-corrected chi connectivity index (χ4v) is 2.48. The van der Waals surface area contributed by atoms with Gasteiger partial charge in [-0.05, 0) is 31.1 Å². The van der Waals surface area contributed by atoms with Gasteiger partial charge >= 0.3 is 5.97 Å². The lowest BCUT2D eigenvalue weighted by molar-refractivity contribution is -0.141. The van der Waals surface area contributed by atoms with Crippen LogP contribution in [0.2, 0.25) is 0 Å². The number of nitrogens with two attached hydrogens (primary N) is 1. The van der Waals surface area contributed by atoms with Crippen molar-refractivity contribution in [2.45, 2.75) is 25.3 Å². The van der Waals surface area contributed by atoms with Crippen LogP contribution in [-0.2, 0) is 4.79 Å². The van der Waals surface area contributed by atoms with Crippen molar-refractivity contribution in [3.8, 4) is 0 Å². The zero-order valence-electron chi connectivity index (χ0n) is 6.36. The van der Waals surface area contributed by atoms with Crippen molar-refractivity contribution >= 4 is 5.97 Å². The van der Waals surface area contributed by atoms with Gasteiger partial charge in [0.25, 0.3) is 0 Å². The van der Waals surface area contributed by atoms with E-state index in [9.17, 15) is 4.79 Å². The Morgan fingerprint density at radius 3 is 2.55 bits per heavy atom. The average Bonchev–Trinajstić information content (AvgIpc) is 2.26. The predicted octanol–water partition coefficient (Wildman–Crippen LogP) is 0.444. The van der Waals surface area contributed by atoms with Crippen molar-refractivity contribution in [1.29, 1.82) is 0 Å². The minimum absolute atomic E-state index is 0.0986. The first-order valence-corrected chi connectivity index (χ1v) is 4.17. The fourth-order valence-electron chi connectivity index (χ4n) is 2.48. The van der Waals surface area contributed by atoms with Gasteiger partial charge in [0, 0.05) is 6.04 Å². The highest BCUT2D eigenvalue weighted by atomic mass is 16.4. The van der Waals surface area contributed by atoms with Gasteiger partial charge in [-0.2, -0.15) is 0 Å². The predicted molar refractivity (Wildman–Crippen MR) is 39.9 cm³/mol. The Hall–Kier alpha value is -0.570. The summed E-state index contributed by atoms with van der Waals surface area (Å²) in [4.78, 5) is 10.6. The van der Waals surface area contributed by atoms with Gasteiger partial charge in [-0.1, -0.05) is 0 Å². The summed E-state index contributed by atoms with van der Waals surface area (Å²) in [5.41, 5.74) is 5.73. The van der Waals surface area contributed by atoms with E-state index < -0.39 is 5.97 Å². The second-order valence-electron chi connectivity index (χ2n) is 3.83. The molecule has 2 aliphatic carbocycles. The van der Waals surface area contributed by atoms with Crippen LogP contribution in [0, 0.1) is 17.8 Å². The van der Waals surface area contributed by atoms with Crippen molar-refractivity contribution in [1.82, 2.24) is 0 Å². The highest BCUT2D eigenvalue weighted by Crippen LogP contribution is 2.48. The molecule has 0 saturated heterocycles. The molecule has 3 nitrogen and oxygen atoms in total. The maximum Gasteiger partial charge on any atom is 0.306 e. The first-order valence-electron chi connectivity index (χ1n) is 4.17. The molecule has 0 spiro atoms. The third kappa shape index (κ3) is 0.948. The Kier molecular flexibility index (Phi) is 1.42. The fraction of sp³-hybridized carbons (Fsp3) is 0.875. The number of fused-ring (bicyclic) bond motifs is 1. The molecule has 0 aromatic heterocycles. The minimum atomic E-state index is -0.633. The highest BCUT2D eigenvalue weighted by molar-refractivity contribution is 5.70. The van der Waals surface area contributed by atoms with E-state index in [0.29, 0.717) is 17.9 Å². The van der Waals surface area contributed by atoms with Gasteiger partial charge < -0.3 is 10.8 Å². The number of carboxylic acids is 1. The Labute approximate surface area is 65.6 Å². The zero-order valence-corrected chi connectivity index (χ0v) is 6.36. The summed E-state index contributed by atoms with van der Waals surface area (Å²) in [5.74, 6) is 0.423. The molecule has 2 saturated carbocycles. The summed E-state index contributed by atoms with van der Waals surface area (Å²) < 4.78 is 0. The van der Waals surface area contributed by atoms with E-state index >= 15 is 0 Å². The molecule has 3 heteroatoms. The molecule has 62 valence electrons. The summed E-state index contributed by atoms with van der Waals surface area (Å²) in [6.07, 6.45) is 2.74. The van der Waals surface area contributed by atoms with E-state index in [4.69, 9.17) is 10.8 Å². The van der Waals surface area contributed by atoms with E-state index in [1.807, 2.05) is 0 Å².